The number of likely N-dealkylation sites (N-methyl/N-ethyl adjacent to an activating group) is 1. The van der Waals surface area contributed by atoms with Gasteiger partial charge in [-0.25, -0.2) is 0 Å². The highest BCUT2D eigenvalue weighted by atomic mass is 79.9. The molecule has 0 saturated carbocycles. The molecule has 0 aromatic carbocycles. The number of furan rings is 1. The van der Waals surface area contributed by atoms with Crippen LogP contribution in [0, 0.1) is 0 Å². The maximum atomic E-state index is 12.1. The lowest BCUT2D eigenvalue weighted by molar-refractivity contribution is -0.133. The molecule has 4 nitrogen and oxygen atoms in total. The molecule has 1 aliphatic rings. The van der Waals surface area contributed by atoms with Crippen molar-refractivity contribution in [3.8, 4) is 0 Å². The highest BCUT2D eigenvalue weighted by Crippen LogP contribution is 2.16. The molecule has 0 radical (unpaired) electrons. The molecule has 17 heavy (non-hydrogen) atoms. The lowest BCUT2D eigenvalue weighted by Crippen LogP contribution is -2.46. The summed E-state index contributed by atoms with van der Waals surface area (Å²) in [4.78, 5) is 13.8. The molecule has 1 saturated heterocycles. The summed E-state index contributed by atoms with van der Waals surface area (Å²) in [6, 6.07) is 3.70. The number of amides is 1. The van der Waals surface area contributed by atoms with Gasteiger partial charge in [-0.1, -0.05) is 6.42 Å². The molecule has 0 aliphatic carbocycles. The zero-order chi connectivity index (χ0) is 12.3. The van der Waals surface area contributed by atoms with Crippen LogP contribution in [0.25, 0.3) is 0 Å². The average molecular weight is 301 g/mol. The molecule has 1 N–H and O–H groups in total. The van der Waals surface area contributed by atoms with Gasteiger partial charge in [0, 0.05) is 7.05 Å². The minimum absolute atomic E-state index is 0.0212. The lowest BCUT2D eigenvalue weighted by Gasteiger charge is -2.26. The molecular formula is C12H17BrN2O2. The minimum atomic E-state index is -0.0212. The Bertz CT molecular complexity index is 386. The van der Waals surface area contributed by atoms with E-state index in [4.69, 9.17) is 4.42 Å². The van der Waals surface area contributed by atoms with Crippen molar-refractivity contribution in [1.82, 2.24) is 10.2 Å². The van der Waals surface area contributed by atoms with Gasteiger partial charge in [0.25, 0.3) is 0 Å². The van der Waals surface area contributed by atoms with E-state index in [1.54, 1.807) is 4.90 Å². The number of nitrogens with zero attached hydrogens (tertiary/aromatic N) is 1. The van der Waals surface area contributed by atoms with Crippen molar-refractivity contribution in [2.75, 3.05) is 13.6 Å². The van der Waals surface area contributed by atoms with E-state index in [0.29, 0.717) is 11.2 Å². The van der Waals surface area contributed by atoms with Crippen LogP contribution < -0.4 is 5.32 Å². The van der Waals surface area contributed by atoms with Gasteiger partial charge in [-0.3, -0.25) is 4.79 Å². The molecule has 2 heterocycles. The van der Waals surface area contributed by atoms with Gasteiger partial charge >= 0.3 is 0 Å². The molecule has 1 fully saturated rings. The van der Waals surface area contributed by atoms with Gasteiger partial charge in [0.1, 0.15) is 5.76 Å². The summed E-state index contributed by atoms with van der Waals surface area (Å²) in [7, 11) is 1.81. The average Bonchev–Trinajstić information content (AvgIpc) is 2.75. The van der Waals surface area contributed by atoms with Crippen molar-refractivity contribution in [3.05, 3.63) is 22.6 Å². The number of halogens is 1. The molecule has 0 unspecified atom stereocenters. The second kappa shape index (κ2) is 5.69. The Morgan fingerprint density at radius 1 is 1.59 bits per heavy atom. The van der Waals surface area contributed by atoms with Crippen LogP contribution in [0.5, 0.6) is 0 Å². The first-order valence-corrected chi connectivity index (χ1v) is 6.68. The Morgan fingerprint density at radius 3 is 3.00 bits per heavy atom. The van der Waals surface area contributed by atoms with Gasteiger partial charge in [0.05, 0.1) is 12.6 Å². The van der Waals surface area contributed by atoms with E-state index < -0.39 is 0 Å². The lowest BCUT2D eigenvalue weighted by atomic mass is 10.0. The summed E-state index contributed by atoms with van der Waals surface area (Å²) < 4.78 is 6.09. The summed E-state index contributed by atoms with van der Waals surface area (Å²) in [5.74, 6) is 0.945. The Morgan fingerprint density at radius 2 is 2.41 bits per heavy atom. The molecule has 2 rings (SSSR count). The minimum Gasteiger partial charge on any atom is -0.452 e. The van der Waals surface area contributed by atoms with E-state index in [1.807, 2.05) is 19.2 Å². The monoisotopic (exact) mass is 300 g/mol. The number of hydrogen-bond acceptors (Lipinski definition) is 3. The summed E-state index contributed by atoms with van der Waals surface area (Å²) in [6.07, 6.45) is 3.23. The molecule has 1 aromatic heterocycles. The van der Waals surface area contributed by atoms with E-state index in [2.05, 4.69) is 21.2 Å². The van der Waals surface area contributed by atoms with Gasteiger partial charge < -0.3 is 14.6 Å². The fraction of sp³-hybridized carbons (Fsp3) is 0.583. The standard InChI is InChI=1S/C12H17BrN2O2/c1-15(8-9-5-6-11(13)17-9)12(16)10-4-2-3-7-14-10/h5-6,10,14H,2-4,7-8H2,1H3/t10-/m1/s1. The zero-order valence-electron chi connectivity index (χ0n) is 9.91. The largest absolute Gasteiger partial charge is 0.452 e. The van der Waals surface area contributed by atoms with E-state index in [9.17, 15) is 4.79 Å². The van der Waals surface area contributed by atoms with Gasteiger partial charge in [-0.15, -0.1) is 0 Å². The third kappa shape index (κ3) is 3.33. The Hall–Kier alpha value is -0.810. The zero-order valence-corrected chi connectivity index (χ0v) is 11.5. The van der Waals surface area contributed by atoms with Gasteiger partial charge in [0.15, 0.2) is 4.67 Å². The molecule has 1 amide bonds. The first-order valence-electron chi connectivity index (χ1n) is 5.89. The molecule has 0 spiro atoms. The van der Waals surface area contributed by atoms with E-state index >= 15 is 0 Å². The smallest absolute Gasteiger partial charge is 0.239 e. The first-order chi connectivity index (χ1) is 8.16. The Kier molecular flexibility index (Phi) is 4.23. The maximum absolute atomic E-state index is 12.1. The van der Waals surface area contributed by atoms with Crippen molar-refractivity contribution in [1.29, 1.82) is 0 Å². The predicted octanol–water partition coefficient (Wildman–Crippen LogP) is 2.14. The van der Waals surface area contributed by atoms with Crippen LogP contribution in [0.4, 0.5) is 0 Å². The summed E-state index contributed by atoms with van der Waals surface area (Å²) in [5, 5.41) is 3.26. The Balaban J connectivity index is 1.90. The van der Waals surface area contributed by atoms with Crippen LogP contribution >= 0.6 is 15.9 Å². The number of carbonyl (C=O) groups excluding carboxylic acids is 1. The fourth-order valence-corrected chi connectivity index (χ4v) is 2.42. The highest BCUT2D eigenvalue weighted by molar-refractivity contribution is 9.10. The van der Waals surface area contributed by atoms with E-state index in [-0.39, 0.29) is 11.9 Å². The van der Waals surface area contributed by atoms with Crippen molar-refractivity contribution in [2.45, 2.75) is 31.8 Å². The maximum Gasteiger partial charge on any atom is 0.239 e. The topological polar surface area (TPSA) is 45.5 Å². The first kappa shape index (κ1) is 12.6. The van der Waals surface area contributed by atoms with E-state index in [1.165, 1.54) is 6.42 Å². The second-order valence-corrected chi connectivity index (χ2v) is 5.18. The number of piperidine rings is 1. The molecule has 1 aromatic rings. The molecule has 1 aliphatic heterocycles. The number of nitrogens with one attached hydrogen (secondary N) is 1. The molecule has 94 valence electrons. The SMILES string of the molecule is CN(Cc1ccc(Br)o1)C(=O)[C@H]1CCCCN1. The highest BCUT2D eigenvalue weighted by Gasteiger charge is 2.23. The van der Waals surface area contributed by atoms with Crippen LogP contribution in [-0.4, -0.2) is 30.4 Å². The van der Waals surface area contributed by atoms with Crippen LogP contribution in [0.15, 0.2) is 21.2 Å². The van der Waals surface area contributed by atoms with Crippen LogP contribution in [0.1, 0.15) is 25.0 Å². The van der Waals surface area contributed by atoms with E-state index in [0.717, 1.165) is 25.1 Å². The molecule has 5 heteroatoms. The summed E-state index contributed by atoms with van der Waals surface area (Å²) >= 11 is 3.25. The number of hydrogen-bond donors (Lipinski definition) is 1. The Labute approximate surface area is 109 Å². The molecule has 0 bridgehead atoms. The van der Waals surface area contributed by atoms with Gasteiger partial charge in [0.2, 0.25) is 5.91 Å². The second-order valence-electron chi connectivity index (χ2n) is 4.40. The van der Waals surface area contributed by atoms with Gasteiger partial charge in [-0.2, -0.15) is 0 Å². The molecular weight excluding hydrogens is 284 g/mol. The predicted molar refractivity (Wildman–Crippen MR) is 68.5 cm³/mol. The molecule has 1 atom stereocenters. The summed E-state index contributed by atoms with van der Waals surface area (Å²) in [5.41, 5.74) is 0. The summed E-state index contributed by atoms with van der Waals surface area (Å²) in [6.45, 7) is 1.46. The third-order valence-electron chi connectivity index (χ3n) is 3.01. The van der Waals surface area contributed by atoms with Crippen LogP contribution in [0.3, 0.4) is 0 Å². The quantitative estimate of drug-likeness (QED) is 0.930. The van der Waals surface area contributed by atoms with Crippen LogP contribution in [0.2, 0.25) is 0 Å². The van der Waals surface area contributed by atoms with Gasteiger partial charge in [-0.05, 0) is 47.4 Å². The van der Waals surface area contributed by atoms with Crippen molar-refractivity contribution >= 4 is 21.8 Å². The fourth-order valence-electron chi connectivity index (χ4n) is 2.08. The van der Waals surface area contributed by atoms with Crippen molar-refractivity contribution in [2.24, 2.45) is 0 Å². The third-order valence-corrected chi connectivity index (χ3v) is 3.43. The number of rotatable bonds is 3. The van der Waals surface area contributed by atoms with Crippen molar-refractivity contribution in [3.63, 3.8) is 0 Å². The van der Waals surface area contributed by atoms with Crippen LogP contribution in [-0.2, 0) is 11.3 Å². The van der Waals surface area contributed by atoms with Crippen molar-refractivity contribution < 1.29 is 9.21 Å². The number of carbonyl (C=O) groups is 1. The normalized spacial score (nSPS) is 20.2.